The third-order valence-corrected chi connectivity index (χ3v) is 12.2. The first-order chi connectivity index (χ1) is 16.7. The number of carbonyl (C=O) groups is 1. The lowest BCUT2D eigenvalue weighted by atomic mass is 9.93. The van der Waals surface area contributed by atoms with Crippen LogP contribution >= 0.6 is 23.4 Å². The third kappa shape index (κ3) is 7.45. The second-order valence-electron chi connectivity index (χ2n) is 12.0. The number of halogens is 2. The van der Waals surface area contributed by atoms with E-state index in [0.29, 0.717) is 12.1 Å². The zero-order valence-electron chi connectivity index (χ0n) is 23.8. The normalized spacial score (nSPS) is 14.5. The van der Waals surface area contributed by atoms with E-state index >= 15 is 0 Å². The number of nitrogens with one attached hydrogen (secondary N) is 1. The fourth-order valence-electron chi connectivity index (χ4n) is 3.31. The van der Waals surface area contributed by atoms with Crippen LogP contribution in [0.25, 0.3) is 10.9 Å². The SMILES string of the molecule is CSc1nc2c(F)c(Cl)nc(CCC(C)(CO[Si](C)(C)C(C)(C)C)N(C)C(=O)OC(C)(C)C)c2c(=O)[nH]1. The first-order valence-corrected chi connectivity index (χ1v) is 16.7. The highest BCUT2D eigenvalue weighted by atomic mass is 35.5. The molecular weight excluding hydrogens is 535 g/mol. The molecular formula is C25H40ClFN4O4SSi. The van der Waals surface area contributed by atoms with Crippen LogP contribution in [-0.2, 0) is 15.6 Å². The van der Waals surface area contributed by atoms with Crippen molar-refractivity contribution in [2.24, 2.45) is 0 Å². The number of fused-ring (bicyclic) bond motifs is 1. The van der Waals surface area contributed by atoms with Gasteiger partial charge in [-0.25, -0.2) is 19.2 Å². The van der Waals surface area contributed by atoms with E-state index in [1.54, 1.807) is 34.1 Å². The summed E-state index contributed by atoms with van der Waals surface area (Å²) in [6.07, 6.45) is 1.81. The van der Waals surface area contributed by atoms with Gasteiger partial charge >= 0.3 is 6.09 Å². The lowest BCUT2D eigenvalue weighted by Gasteiger charge is -2.44. The molecule has 0 saturated heterocycles. The lowest BCUT2D eigenvalue weighted by molar-refractivity contribution is -0.00523. The summed E-state index contributed by atoms with van der Waals surface area (Å²) in [5, 5.41) is -0.0595. The van der Waals surface area contributed by atoms with Crippen LogP contribution in [0.15, 0.2) is 9.95 Å². The molecule has 0 aliphatic heterocycles. The van der Waals surface area contributed by atoms with E-state index in [9.17, 15) is 14.0 Å². The number of aromatic amines is 1. The average molecular weight is 575 g/mol. The average Bonchev–Trinajstić information content (AvgIpc) is 2.76. The fourth-order valence-corrected chi connectivity index (χ4v) is 4.98. The summed E-state index contributed by atoms with van der Waals surface area (Å²) in [4.78, 5) is 38.6. The number of pyridine rings is 1. The van der Waals surface area contributed by atoms with Gasteiger partial charge in [0.1, 0.15) is 11.1 Å². The van der Waals surface area contributed by atoms with Gasteiger partial charge in [0.05, 0.1) is 23.2 Å². The summed E-state index contributed by atoms with van der Waals surface area (Å²) in [5.74, 6) is -0.836. The number of ether oxygens (including phenoxy) is 1. The molecule has 0 aliphatic rings. The molecule has 0 saturated carbocycles. The molecule has 208 valence electrons. The first kappa shape index (κ1) is 31.5. The molecule has 2 aromatic rings. The van der Waals surface area contributed by atoms with E-state index in [-0.39, 0.29) is 39.3 Å². The number of hydrogen-bond acceptors (Lipinski definition) is 7. The Hall–Kier alpha value is -1.69. The Bertz CT molecular complexity index is 1210. The van der Waals surface area contributed by atoms with Crippen LogP contribution in [0, 0.1) is 5.82 Å². The van der Waals surface area contributed by atoms with E-state index in [0.717, 1.165) is 0 Å². The summed E-state index contributed by atoms with van der Waals surface area (Å²) < 4.78 is 27.0. The molecule has 0 radical (unpaired) electrons. The quantitative estimate of drug-likeness (QED) is 0.168. The number of aryl methyl sites for hydroxylation is 1. The second kappa shape index (κ2) is 11.2. The molecule has 0 aromatic carbocycles. The monoisotopic (exact) mass is 574 g/mol. The number of aromatic nitrogens is 3. The number of rotatable bonds is 8. The zero-order chi connectivity index (χ0) is 28.6. The number of thioether (sulfide) groups is 1. The van der Waals surface area contributed by atoms with Crippen molar-refractivity contribution in [3.63, 3.8) is 0 Å². The Morgan fingerprint density at radius 3 is 2.27 bits per heavy atom. The van der Waals surface area contributed by atoms with Crippen LogP contribution in [0.1, 0.15) is 60.6 Å². The zero-order valence-corrected chi connectivity index (χ0v) is 26.3. The van der Waals surface area contributed by atoms with Crippen LogP contribution in [0.5, 0.6) is 0 Å². The number of nitrogens with zero attached hydrogens (tertiary/aromatic N) is 3. The number of hydrogen-bond donors (Lipinski definition) is 1. The van der Waals surface area contributed by atoms with Gasteiger partial charge in [0.25, 0.3) is 5.56 Å². The molecule has 37 heavy (non-hydrogen) atoms. The van der Waals surface area contributed by atoms with Crippen molar-refractivity contribution >= 4 is 48.7 Å². The molecule has 0 aliphatic carbocycles. The molecule has 8 nitrogen and oxygen atoms in total. The van der Waals surface area contributed by atoms with E-state index in [4.69, 9.17) is 20.8 Å². The molecule has 0 spiro atoms. The number of carbonyl (C=O) groups excluding carboxylic acids is 1. The topological polar surface area (TPSA) is 97.4 Å². The minimum absolute atomic E-state index is 0.0331. The smallest absolute Gasteiger partial charge is 0.410 e. The summed E-state index contributed by atoms with van der Waals surface area (Å²) in [7, 11) is -0.490. The van der Waals surface area contributed by atoms with Crippen LogP contribution in [0.3, 0.4) is 0 Å². The molecule has 1 N–H and O–H groups in total. The van der Waals surface area contributed by atoms with Crippen molar-refractivity contribution in [3.8, 4) is 0 Å². The maximum Gasteiger partial charge on any atom is 0.410 e. The van der Waals surface area contributed by atoms with Gasteiger partial charge in [-0.1, -0.05) is 44.1 Å². The van der Waals surface area contributed by atoms with Crippen LogP contribution in [0.4, 0.5) is 9.18 Å². The predicted molar refractivity (Wildman–Crippen MR) is 151 cm³/mol. The maximum absolute atomic E-state index is 14.8. The molecule has 2 heterocycles. The highest BCUT2D eigenvalue weighted by Gasteiger charge is 2.42. The predicted octanol–water partition coefficient (Wildman–Crippen LogP) is 6.41. The van der Waals surface area contributed by atoms with E-state index < -0.39 is 36.9 Å². The standard InChI is InChI=1S/C25H40ClFN4O4SSi/c1-23(2,3)35-22(33)31(8)25(7,14-34-37(10,11)24(4,5)6)13-12-15-16-18(17(27)19(26)28-15)29-21(36-9)30-20(16)32/h12-14H2,1-11H3,(H,29,30,32). The second-order valence-corrected chi connectivity index (χ2v) is 18.0. The van der Waals surface area contributed by atoms with Crippen LogP contribution in [-0.4, -0.2) is 65.3 Å². The highest BCUT2D eigenvalue weighted by molar-refractivity contribution is 7.98. The Morgan fingerprint density at radius 1 is 1.16 bits per heavy atom. The molecule has 1 amide bonds. The minimum Gasteiger partial charge on any atom is -0.444 e. The van der Waals surface area contributed by atoms with Crippen molar-refractivity contribution in [1.29, 1.82) is 0 Å². The summed E-state index contributed by atoms with van der Waals surface area (Å²) in [6.45, 7) is 18.3. The Balaban J connectivity index is 2.51. The summed E-state index contributed by atoms with van der Waals surface area (Å²) in [6, 6.07) is 0. The van der Waals surface area contributed by atoms with Crippen molar-refractivity contribution in [3.05, 3.63) is 27.0 Å². The van der Waals surface area contributed by atoms with E-state index in [1.807, 2.05) is 6.92 Å². The maximum atomic E-state index is 14.8. The van der Waals surface area contributed by atoms with E-state index in [1.165, 1.54) is 16.7 Å². The van der Waals surface area contributed by atoms with Gasteiger partial charge in [-0.2, -0.15) is 0 Å². The summed E-state index contributed by atoms with van der Waals surface area (Å²) in [5.41, 5.74) is -1.82. The Morgan fingerprint density at radius 2 is 1.76 bits per heavy atom. The molecule has 0 bridgehead atoms. The van der Waals surface area contributed by atoms with Gasteiger partial charge < -0.3 is 19.0 Å². The van der Waals surface area contributed by atoms with Crippen LogP contribution < -0.4 is 5.56 Å². The van der Waals surface area contributed by atoms with Crippen LogP contribution in [0.2, 0.25) is 23.3 Å². The third-order valence-electron chi connectivity index (χ3n) is 6.93. The van der Waals surface area contributed by atoms with Gasteiger partial charge in [0, 0.05) is 7.05 Å². The lowest BCUT2D eigenvalue weighted by Crippen LogP contribution is -2.55. The molecule has 12 heteroatoms. The van der Waals surface area contributed by atoms with Gasteiger partial charge in [0.15, 0.2) is 24.4 Å². The number of H-pyrrole nitrogens is 1. The van der Waals surface area contributed by atoms with Gasteiger partial charge in [-0.05, 0) is 64.9 Å². The first-order valence-electron chi connectivity index (χ1n) is 12.1. The molecule has 1 atom stereocenters. The molecule has 1 unspecified atom stereocenters. The van der Waals surface area contributed by atoms with Gasteiger partial charge in [-0.3, -0.25) is 4.79 Å². The van der Waals surface area contributed by atoms with Crippen molar-refractivity contribution < 1.29 is 18.3 Å². The Kier molecular flexibility index (Phi) is 9.54. The van der Waals surface area contributed by atoms with Crippen molar-refractivity contribution in [1.82, 2.24) is 19.9 Å². The number of likely N-dealkylation sites (N-methyl/N-ethyl adjacent to an activating group) is 1. The fraction of sp³-hybridized carbons (Fsp3) is 0.680. The van der Waals surface area contributed by atoms with E-state index in [2.05, 4.69) is 48.8 Å². The number of amides is 1. The van der Waals surface area contributed by atoms with Crippen molar-refractivity contribution in [2.75, 3.05) is 19.9 Å². The molecule has 2 aromatic heterocycles. The van der Waals surface area contributed by atoms with Gasteiger partial charge in [-0.15, -0.1) is 0 Å². The highest BCUT2D eigenvalue weighted by Crippen LogP contribution is 2.38. The summed E-state index contributed by atoms with van der Waals surface area (Å²) >= 11 is 7.29. The Labute approximate surface area is 229 Å². The van der Waals surface area contributed by atoms with Gasteiger partial charge in [0.2, 0.25) is 0 Å². The molecule has 0 fully saturated rings. The molecule has 2 rings (SSSR count). The largest absolute Gasteiger partial charge is 0.444 e. The minimum atomic E-state index is -2.16. The van der Waals surface area contributed by atoms with Crippen molar-refractivity contribution in [2.45, 2.75) is 95.7 Å².